The van der Waals surface area contributed by atoms with E-state index in [1.54, 1.807) is 153 Å². The number of aromatic nitrogens is 10. The monoisotopic (exact) mass is 1920 g/mol. The molecule has 0 saturated carbocycles. The van der Waals surface area contributed by atoms with Crippen LogP contribution in [-0.2, 0) is 0 Å². The molecule has 148 heavy (non-hydrogen) atoms. The van der Waals surface area contributed by atoms with E-state index < -0.39 is 0 Å². The largest absolute Gasteiger partial charge is 0.308 e. The van der Waals surface area contributed by atoms with Crippen molar-refractivity contribution in [2.75, 3.05) is 28.2 Å². The highest BCUT2D eigenvalue weighted by atomic mass is 16.2. The molecule has 4 aliphatic heterocycles. The highest BCUT2D eigenvalue weighted by Crippen LogP contribution is 2.48. The molecule has 0 saturated heterocycles. The second-order valence-electron chi connectivity index (χ2n) is 35.3. The molecule has 0 N–H and O–H groups in total. The lowest BCUT2D eigenvalue weighted by Crippen LogP contribution is -2.24. The summed E-state index contributed by atoms with van der Waals surface area (Å²) in [7, 11) is 5.99. The average Bonchev–Trinajstić information content (AvgIpc) is 1.55. The Morgan fingerprint density at radius 3 is 0.872 bits per heavy atom. The molecule has 22 aromatic rings. The zero-order valence-corrected chi connectivity index (χ0v) is 78.5. The number of carbonyl (C=O) groups is 8. The van der Waals surface area contributed by atoms with Gasteiger partial charge in [0.25, 0.3) is 47.3 Å². The van der Waals surface area contributed by atoms with Crippen LogP contribution in [0.2, 0.25) is 0 Å². The standard InChI is InChI=1S/2C33H18N6O2.2C27H16N4O2/c1-35-27-11-13-37-18-26(27)20-7-9-23-22-8-6-19(25-17-36-12-10-21(25)16-34)14-29(22)39(30(23)15-20)28-5-3-4-24-31(28)33(41)38(2)32(24)40;1-35-27-11-13-37-18-26(27)20-7-9-29-24(15-20)23-14-19(25-17-36-12-10-21(25)16-34)6-8-28(23)39(29)30-5-3-4-22-31(30)33(41)38(2)32(22)40;1-28-20-13-14-29-15-19(20)16-8-5-11-22-24(16)17-7-3-4-10-21(17)31(22)23-12-6-9-18-25(23)27(33)30(2)26(18)32;1-30-26(32)19-6-4-8-24(25(19)27(30)33)31-22-7-3-2-5-18(22)20-13-16(9-10-23(20)31)21-15-29-12-11-17(21)14-28/h2*3-15,17-18H,2H3;3-15H,2H3;2-13,15H,1H3. The van der Waals surface area contributed by atoms with Crippen molar-refractivity contribution in [1.82, 2.24) is 67.8 Å². The molecular formula is C120H68N20O8. The first-order valence-electron chi connectivity index (χ1n) is 46.3. The number of fused-ring (bicyclic) bond motifs is 16. The number of para-hydroxylation sites is 2. The van der Waals surface area contributed by atoms with Gasteiger partial charge in [0, 0.05) is 179 Å². The number of pyridine rings is 6. The van der Waals surface area contributed by atoms with E-state index in [1.165, 1.54) is 28.2 Å². The predicted molar refractivity (Wildman–Crippen MR) is 561 cm³/mol. The van der Waals surface area contributed by atoms with E-state index >= 15 is 0 Å². The Labute approximate surface area is 841 Å². The molecule has 28 heteroatoms. The first-order valence-corrected chi connectivity index (χ1v) is 46.3. The van der Waals surface area contributed by atoms with Gasteiger partial charge in [-0.3, -0.25) is 87.9 Å². The summed E-state index contributed by atoms with van der Waals surface area (Å²) in [6.07, 6.45) is 19.7. The van der Waals surface area contributed by atoms with Crippen LogP contribution in [0.3, 0.4) is 0 Å². The summed E-state index contributed by atoms with van der Waals surface area (Å²) in [6.45, 7) is 22.9. The Kier molecular flexibility index (Phi) is 21.8. The van der Waals surface area contributed by atoms with E-state index in [0.717, 1.165) is 151 Å². The Bertz CT molecular complexity index is 9810. The summed E-state index contributed by atoms with van der Waals surface area (Å²) in [5.41, 5.74) is 24.8. The summed E-state index contributed by atoms with van der Waals surface area (Å²) < 4.78 is 8.04. The number of nitrogens with zero attached hydrogens (tertiary/aromatic N) is 20. The Hall–Kier alpha value is -21.8. The van der Waals surface area contributed by atoms with E-state index in [-0.39, 0.29) is 47.3 Å². The van der Waals surface area contributed by atoms with E-state index in [9.17, 15) is 54.1 Å². The van der Waals surface area contributed by atoms with Crippen molar-refractivity contribution >= 4 is 152 Å². The molecule has 26 rings (SSSR count). The van der Waals surface area contributed by atoms with Crippen molar-refractivity contribution in [2.24, 2.45) is 0 Å². The molecular weight excluding hydrogens is 1850 g/mol. The molecule has 0 radical (unpaired) electrons. The second-order valence-corrected chi connectivity index (χ2v) is 35.3. The lowest BCUT2D eigenvalue weighted by atomic mass is 9.99. The molecule has 696 valence electrons. The number of carbonyl (C=O) groups excluding carboxylic acids is 8. The highest BCUT2D eigenvalue weighted by Gasteiger charge is 2.41. The van der Waals surface area contributed by atoms with Crippen molar-refractivity contribution in [2.45, 2.75) is 0 Å². The van der Waals surface area contributed by atoms with Crippen LogP contribution in [0.1, 0.15) is 99.6 Å². The molecule has 0 aliphatic carbocycles. The van der Waals surface area contributed by atoms with Crippen molar-refractivity contribution < 1.29 is 38.4 Å². The lowest BCUT2D eigenvalue weighted by Gasteiger charge is -2.13. The Morgan fingerprint density at radius 2 is 0.493 bits per heavy atom. The number of amides is 8. The molecule has 0 atom stereocenters. The van der Waals surface area contributed by atoms with E-state index in [2.05, 4.69) is 62.6 Å². The number of rotatable bonds is 10. The van der Waals surface area contributed by atoms with E-state index in [4.69, 9.17) is 19.7 Å². The first-order chi connectivity index (χ1) is 72.2. The van der Waals surface area contributed by atoms with Crippen LogP contribution in [0, 0.1) is 53.7 Å². The van der Waals surface area contributed by atoms with Crippen LogP contribution in [-0.4, -0.2) is 143 Å². The van der Waals surface area contributed by atoms with Gasteiger partial charge < -0.3 is 18.3 Å². The SMILES string of the molecule is CN1C(=O)c2cccc(-n3c4ccccc4c4cc(-c5cnccc5C#N)ccc43)c2C1=O.[C-]#[N+]c1ccncc1-c1ccc2c(c1)c1cc(-c3cnccc3C#N)ccc1n2-c1cccc2c1C(=O)N(C)C2=O.[C-]#[N+]c1ccncc1-c1ccc2c3ccc(-c4cnccc4C#N)cc3n(-c3cccc4c3C(=O)N(C)C4=O)c2c1.[C-]#[N+]c1ccncc1-c1cccc2c1c1ccccc1n2-c1cccc2c1C(=O)N(C)C2=O. The molecule has 10 aromatic heterocycles. The molecule has 0 unspecified atom stereocenters. The summed E-state index contributed by atoms with van der Waals surface area (Å²) in [5.74, 6) is -2.60. The van der Waals surface area contributed by atoms with E-state index in [1.807, 2.05) is 206 Å². The maximum absolute atomic E-state index is 13.3. The van der Waals surface area contributed by atoms with Gasteiger partial charge in [-0.1, -0.05) is 115 Å². The zero-order chi connectivity index (χ0) is 102. The van der Waals surface area contributed by atoms with Crippen LogP contribution in [0.25, 0.3) is 191 Å². The summed E-state index contributed by atoms with van der Waals surface area (Å²) in [5, 5.41) is 36.5. The topological polar surface area (TPSA) is 331 Å². The minimum absolute atomic E-state index is 0.291. The average molecular weight is 1920 g/mol. The number of nitriles is 3. The van der Waals surface area contributed by atoms with Gasteiger partial charge in [0.1, 0.15) is 0 Å². The van der Waals surface area contributed by atoms with Crippen LogP contribution in [0.5, 0.6) is 0 Å². The molecule has 8 amide bonds. The molecule has 0 fully saturated rings. The van der Waals surface area contributed by atoms with Crippen molar-refractivity contribution in [3.8, 4) is 108 Å². The molecule has 0 spiro atoms. The first kappa shape index (κ1) is 90.1. The van der Waals surface area contributed by atoms with Crippen LogP contribution in [0.4, 0.5) is 17.1 Å². The maximum Gasteiger partial charge on any atom is 0.263 e. The Morgan fingerprint density at radius 1 is 0.230 bits per heavy atom. The van der Waals surface area contributed by atoms with Gasteiger partial charge in [-0.2, -0.15) is 15.8 Å². The molecule has 4 aliphatic rings. The summed E-state index contributed by atoms with van der Waals surface area (Å²) in [4.78, 5) is 144. The number of hydrogen-bond acceptors (Lipinski definition) is 17. The third-order valence-corrected chi connectivity index (χ3v) is 27.7. The smallest absolute Gasteiger partial charge is 0.263 e. The van der Waals surface area contributed by atoms with Crippen molar-refractivity contribution in [3.63, 3.8) is 0 Å². The van der Waals surface area contributed by atoms with Gasteiger partial charge in [-0.05, 0) is 185 Å². The summed E-state index contributed by atoms with van der Waals surface area (Å²) >= 11 is 0. The number of hydrogen-bond donors (Lipinski definition) is 0. The molecule has 12 aromatic carbocycles. The van der Waals surface area contributed by atoms with Crippen LogP contribution >= 0.6 is 0 Å². The predicted octanol–water partition coefficient (Wildman–Crippen LogP) is 23.7. The van der Waals surface area contributed by atoms with Crippen molar-refractivity contribution in [3.05, 3.63) is 437 Å². The number of imide groups is 4. The molecule has 0 bridgehead atoms. The second kappa shape index (κ2) is 35.8. The van der Waals surface area contributed by atoms with Gasteiger partial charge in [0.15, 0.2) is 17.1 Å². The quantitative estimate of drug-likeness (QED) is 0.0906. The van der Waals surface area contributed by atoms with Crippen LogP contribution < -0.4 is 0 Å². The fourth-order valence-corrected chi connectivity index (χ4v) is 20.7. The third kappa shape index (κ3) is 14.1. The Balaban J connectivity index is 0.000000109. The fraction of sp³-hybridized carbons (Fsp3) is 0.0333. The van der Waals surface area contributed by atoms with Gasteiger partial charge in [-0.25, -0.2) is 14.5 Å². The van der Waals surface area contributed by atoms with Gasteiger partial charge in [-0.15, -0.1) is 0 Å². The fourth-order valence-electron chi connectivity index (χ4n) is 20.7. The van der Waals surface area contributed by atoms with Crippen molar-refractivity contribution in [1.29, 1.82) is 15.8 Å². The lowest BCUT2D eigenvalue weighted by molar-refractivity contribution is 0.0678. The van der Waals surface area contributed by atoms with Gasteiger partial charge in [0.05, 0.1) is 166 Å². The molecule has 14 heterocycles. The van der Waals surface area contributed by atoms with Crippen LogP contribution in [0.15, 0.2) is 341 Å². The van der Waals surface area contributed by atoms with Gasteiger partial charge >= 0.3 is 0 Å². The minimum Gasteiger partial charge on any atom is -0.308 e. The minimum atomic E-state index is -0.371. The number of benzene rings is 12. The maximum atomic E-state index is 13.3. The highest BCUT2D eigenvalue weighted by molar-refractivity contribution is 6.28. The zero-order valence-electron chi connectivity index (χ0n) is 78.5. The normalized spacial score (nSPS) is 12.7. The third-order valence-electron chi connectivity index (χ3n) is 27.7. The van der Waals surface area contributed by atoms with E-state index in [0.29, 0.717) is 123 Å². The summed E-state index contributed by atoms with van der Waals surface area (Å²) in [6, 6.07) is 89.7. The van der Waals surface area contributed by atoms with Gasteiger partial charge in [0.2, 0.25) is 0 Å². The molecule has 28 nitrogen and oxygen atoms in total.